The number of aliphatic carboxylic acids is 2. The molecule has 1 aliphatic rings. The van der Waals surface area contributed by atoms with Crippen LogP contribution in [0.15, 0.2) is 12.5 Å². The maximum absolute atomic E-state index is 15.0. The van der Waals surface area contributed by atoms with Crippen LogP contribution >= 0.6 is 59.7 Å². The third-order valence-corrected chi connectivity index (χ3v) is 22.9. The van der Waals surface area contributed by atoms with E-state index in [9.17, 15) is 96.2 Å². The van der Waals surface area contributed by atoms with Gasteiger partial charge in [0.05, 0.1) is 12.4 Å². The standard InChI is InChI=1S/C77H131N21O21S5/c1-12-42(6)62(76(118)95-55(38-120)73(115)85-43(7)63(105)93-53(34-40(2)3)72(114)96-61(41(4)5)75(117)83-37-60(103)104)97-70(112)47(20-23-59(101)102)87-65(107)46(16-13-14-28-78)91-74(116)56-17-15-29-98(56)77(119)52(19-22-58(81)100)92-68(110)50(26-32-123-10)90-71(113)54(35-44-36-82-39-84-44)94-69(111)51(27-33-124-11)89-67(109)49(25-31-122-9)88-66(108)48(24-30-121-8)86-64(106)45(79)18-21-57(80)99/h36,39-43,45-56,61-62,120H,12-35,37-38,78-79H2,1-11H3,(H2,80,99)(H2,81,100)(H,82,84)(H,83,117)(H,85,115)(H,86,106)(H,87,107)(H,88,108)(H,89,109)(H,90,113)(H,91,116)(H,92,110)(H,93,105)(H,94,111)(H,95,118)(H,96,114)(H,97,112)(H,101,102)(H,103,104)/t42-,43-,45-,46-,47-,48-,49-,50-,51-,52-,53-,54-,55-,56-,61-,62-/m0/s1. The number of thioether (sulfide) groups is 4. The predicted octanol–water partition coefficient (Wildman–Crippen LogP) is -3.99. The average molecular weight is 1850 g/mol. The number of aromatic nitrogens is 2. The number of thiol groups is 1. The SMILES string of the molecule is CC[C@H](C)[C@H](NC(=O)[C@H](CCC(=O)O)NC(=O)[C@H](CCCCN)NC(=O)[C@@H]1CCCN1C(=O)[C@H](CCC(N)=O)NC(=O)[C@H](CCSC)NC(=O)[C@H](Cc1cnc[nH]1)NC(=O)[C@H](CCSC)NC(=O)[C@H](CCSC)NC(=O)[C@H](CCSC)NC(=O)[C@@H](N)CCC(N)=O)C(=O)N[C@@H](CS)C(=O)N[C@@H](C)C(=O)N[C@@H](CC(C)C)C(=O)N[C@H](C(=O)NCC(=O)O)C(C)C. The molecule has 0 aliphatic carbocycles. The molecule has 0 aromatic carbocycles. The highest BCUT2D eigenvalue weighted by molar-refractivity contribution is 7.99. The molecule has 0 saturated carbocycles. The van der Waals surface area contributed by atoms with Crippen molar-refractivity contribution in [2.24, 2.45) is 40.7 Å². The zero-order valence-electron chi connectivity index (χ0n) is 72.4. The molecule has 0 radical (unpaired) electrons. The fourth-order valence-electron chi connectivity index (χ4n) is 12.7. The predicted molar refractivity (Wildman–Crippen MR) is 473 cm³/mol. The van der Waals surface area contributed by atoms with Crippen LogP contribution in [0, 0.1) is 17.8 Å². The summed E-state index contributed by atoms with van der Waals surface area (Å²) in [5, 5.41) is 55.2. The summed E-state index contributed by atoms with van der Waals surface area (Å²) < 4.78 is 0. The van der Waals surface area contributed by atoms with E-state index in [2.05, 4.69) is 97.0 Å². The first-order chi connectivity index (χ1) is 58.6. The number of primary amides is 2. The fraction of sp³-hybridized carbons (Fsp3) is 0.714. The summed E-state index contributed by atoms with van der Waals surface area (Å²) in [4.78, 5) is 268. The Morgan fingerprint density at radius 3 is 1.37 bits per heavy atom. The monoisotopic (exact) mass is 1850 g/mol. The van der Waals surface area contributed by atoms with E-state index in [1.165, 1.54) is 66.5 Å². The quantitative estimate of drug-likeness (QED) is 0.0218. The number of imidazole rings is 1. The summed E-state index contributed by atoms with van der Waals surface area (Å²) in [6.45, 7) is 10.7. The van der Waals surface area contributed by atoms with Gasteiger partial charge < -0.3 is 117 Å². The Morgan fingerprint density at radius 1 is 0.492 bits per heavy atom. The van der Waals surface area contributed by atoms with Crippen LogP contribution < -0.4 is 97.4 Å². The molecule has 2 heterocycles. The first kappa shape index (κ1) is 111. The molecular weight excluding hydrogens is 1720 g/mol. The number of hydrogen-bond acceptors (Lipinski definition) is 27. The molecule has 16 atom stereocenters. The Labute approximate surface area is 745 Å². The van der Waals surface area contributed by atoms with Crippen molar-refractivity contribution in [3.63, 3.8) is 0 Å². The second-order valence-electron chi connectivity index (χ2n) is 30.8. The van der Waals surface area contributed by atoms with Gasteiger partial charge in [-0.2, -0.15) is 59.7 Å². The molecular formula is C77H131N21O21S5. The molecule has 700 valence electrons. The third kappa shape index (κ3) is 41.3. The molecule has 25 N–H and O–H groups in total. The largest absolute Gasteiger partial charge is 0.481 e. The fourth-order valence-corrected chi connectivity index (χ4v) is 14.8. The van der Waals surface area contributed by atoms with Gasteiger partial charge in [0.2, 0.25) is 100 Å². The number of rotatable bonds is 63. The molecule has 1 aliphatic heterocycles. The topological polar surface area (TPSA) is 669 Å². The van der Waals surface area contributed by atoms with Gasteiger partial charge in [-0.05, 0) is 163 Å². The molecule has 0 bridgehead atoms. The molecule has 0 spiro atoms. The molecule has 17 amide bonds. The van der Waals surface area contributed by atoms with Crippen LogP contribution in [-0.2, 0) is 97.5 Å². The van der Waals surface area contributed by atoms with Gasteiger partial charge in [0.15, 0.2) is 0 Å². The Kier molecular flexibility index (Phi) is 53.3. The number of carboxylic acids is 2. The van der Waals surface area contributed by atoms with Crippen LogP contribution in [-0.4, -0.2) is 301 Å². The summed E-state index contributed by atoms with van der Waals surface area (Å²) in [6.07, 6.45) is 8.21. The van der Waals surface area contributed by atoms with Gasteiger partial charge in [-0.3, -0.25) is 91.1 Å². The second kappa shape index (κ2) is 59.7. The van der Waals surface area contributed by atoms with Gasteiger partial charge in [-0.15, -0.1) is 0 Å². The van der Waals surface area contributed by atoms with E-state index in [0.717, 1.165) is 4.90 Å². The number of aromatic amines is 1. The van der Waals surface area contributed by atoms with Crippen molar-refractivity contribution in [2.75, 3.05) is 73.4 Å². The minimum atomic E-state index is -1.70. The maximum Gasteiger partial charge on any atom is 0.322 e. The molecule has 1 saturated heterocycles. The second-order valence-corrected chi connectivity index (χ2v) is 35.1. The molecule has 1 fully saturated rings. The molecule has 0 unspecified atom stereocenters. The highest BCUT2D eigenvalue weighted by Gasteiger charge is 2.43. The van der Waals surface area contributed by atoms with E-state index in [4.69, 9.17) is 28.0 Å². The summed E-state index contributed by atoms with van der Waals surface area (Å²) in [7, 11) is 0. The Bertz CT molecular complexity index is 3710. The van der Waals surface area contributed by atoms with Gasteiger partial charge in [-0.1, -0.05) is 48.0 Å². The highest BCUT2D eigenvalue weighted by Crippen LogP contribution is 2.22. The Balaban J connectivity index is 2.50. The van der Waals surface area contributed by atoms with Gasteiger partial charge in [-0.25, -0.2) is 4.98 Å². The highest BCUT2D eigenvalue weighted by atomic mass is 32.2. The molecule has 1 aromatic rings. The number of carbonyl (C=O) groups excluding carboxylic acids is 17. The Hall–Kier alpha value is -9.19. The van der Waals surface area contributed by atoms with E-state index in [1.807, 2.05) is 0 Å². The normalized spacial score (nSPS) is 16.1. The van der Waals surface area contributed by atoms with Crippen LogP contribution in [0.4, 0.5) is 0 Å². The van der Waals surface area contributed by atoms with Crippen LogP contribution in [0.2, 0.25) is 0 Å². The summed E-state index contributed by atoms with van der Waals surface area (Å²) in [5.41, 5.74) is 23.1. The van der Waals surface area contributed by atoms with Crippen molar-refractivity contribution >= 4 is 172 Å². The average Bonchev–Trinajstić information content (AvgIpc) is 1.61. The number of nitrogens with zero attached hydrogens (tertiary/aromatic N) is 2. The van der Waals surface area contributed by atoms with Crippen LogP contribution in [0.3, 0.4) is 0 Å². The minimum absolute atomic E-state index is 0.00529. The number of nitrogens with one attached hydrogen (secondary N) is 15. The van der Waals surface area contributed by atoms with Gasteiger partial charge in [0.25, 0.3) is 0 Å². The number of H-pyrrole nitrogens is 1. The van der Waals surface area contributed by atoms with Crippen molar-refractivity contribution in [3.05, 3.63) is 18.2 Å². The summed E-state index contributed by atoms with van der Waals surface area (Å²) >= 11 is 9.68. The molecule has 47 heteroatoms. The molecule has 124 heavy (non-hydrogen) atoms. The summed E-state index contributed by atoms with van der Waals surface area (Å²) in [6, 6.07) is -20.7. The molecule has 42 nitrogen and oxygen atoms in total. The lowest BCUT2D eigenvalue weighted by molar-refractivity contribution is -0.143. The van der Waals surface area contributed by atoms with Crippen LogP contribution in [0.5, 0.6) is 0 Å². The zero-order valence-corrected chi connectivity index (χ0v) is 76.5. The first-order valence-electron chi connectivity index (χ1n) is 41.1. The van der Waals surface area contributed by atoms with Crippen molar-refractivity contribution in [2.45, 2.75) is 255 Å². The number of carboxylic acid groups (broad SMARTS) is 2. The van der Waals surface area contributed by atoms with Crippen molar-refractivity contribution in [3.8, 4) is 0 Å². The Morgan fingerprint density at radius 2 is 0.919 bits per heavy atom. The first-order valence-corrected chi connectivity index (χ1v) is 47.4. The zero-order chi connectivity index (χ0) is 93.5. The van der Waals surface area contributed by atoms with Crippen LogP contribution in [0.1, 0.15) is 163 Å². The number of nitrogens with two attached hydrogens (primary N) is 4. The lowest BCUT2D eigenvalue weighted by Gasteiger charge is -2.31. The smallest absolute Gasteiger partial charge is 0.322 e. The molecule has 1 aromatic heterocycles. The lowest BCUT2D eigenvalue weighted by Crippen LogP contribution is -2.61. The lowest BCUT2D eigenvalue weighted by atomic mass is 9.97. The number of carbonyl (C=O) groups is 19. The maximum atomic E-state index is 15.0. The van der Waals surface area contributed by atoms with Gasteiger partial charge in [0.1, 0.15) is 91.1 Å². The van der Waals surface area contributed by atoms with Crippen molar-refractivity contribution in [1.82, 2.24) is 89.3 Å². The van der Waals surface area contributed by atoms with Crippen molar-refractivity contribution in [1.29, 1.82) is 0 Å². The van der Waals surface area contributed by atoms with Gasteiger partial charge >= 0.3 is 11.9 Å². The number of likely N-dealkylation sites (tertiary alicyclic amines) is 1. The van der Waals surface area contributed by atoms with Crippen molar-refractivity contribution < 1.29 is 101 Å². The van der Waals surface area contributed by atoms with E-state index >= 15 is 0 Å². The van der Waals surface area contributed by atoms with Gasteiger partial charge in [0, 0.05) is 49.9 Å². The molecule has 2 rings (SSSR count). The van der Waals surface area contributed by atoms with E-state index in [1.54, 1.807) is 66.6 Å². The third-order valence-electron chi connectivity index (χ3n) is 20.0. The van der Waals surface area contributed by atoms with E-state index < -0.39 is 247 Å². The van der Waals surface area contributed by atoms with E-state index in [0.29, 0.717) is 29.4 Å². The number of hydrogen-bond donors (Lipinski definition) is 22. The number of unbranched alkanes of at least 4 members (excludes halogenated alkanes) is 1. The minimum Gasteiger partial charge on any atom is -0.481 e. The summed E-state index contributed by atoms with van der Waals surface area (Å²) in [5.74, 6) is -17.6. The number of amides is 17. The van der Waals surface area contributed by atoms with Crippen LogP contribution in [0.25, 0.3) is 0 Å². The van der Waals surface area contributed by atoms with E-state index in [-0.39, 0.29) is 114 Å².